The van der Waals surface area contributed by atoms with Crippen LogP contribution in [0.25, 0.3) is 44.1 Å². The molecule has 1 aliphatic rings. The van der Waals surface area contributed by atoms with Crippen molar-refractivity contribution >= 4 is 70.5 Å². The molecule has 35 heavy (non-hydrogen) atoms. The average Bonchev–Trinajstić information content (AvgIpc) is 3.59. The fraction of sp³-hybridized carbons (Fsp3) is 0.222. The van der Waals surface area contributed by atoms with Gasteiger partial charge in [-0.15, -0.1) is 0 Å². The van der Waals surface area contributed by atoms with Gasteiger partial charge >= 0.3 is 5.97 Å². The van der Waals surface area contributed by atoms with E-state index < -0.39 is 5.97 Å². The minimum Gasteiger partial charge on any atom is -0.493 e. The van der Waals surface area contributed by atoms with Crippen LogP contribution in [0.4, 0.5) is 0 Å². The van der Waals surface area contributed by atoms with Gasteiger partial charge in [0.2, 0.25) is 0 Å². The predicted molar refractivity (Wildman–Crippen MR) is 144 cm³/mol. The molecule has 2 heterocycles. The molecular formula is C27H21Br2N3O3. The van der Waals surface area contributed by atoms with Crippen molar-refractivity contribution in [2.24, 2.45) is 5.92 Å². The number of hydrogen-bond donors (Lipinski definition) is 1. The van der Waals surface area contributed by atoms with Crippen LogP contribution >= 0.6 is 31.9 Å². The van der Waals surface area contributed by atoms with E-state index in [-0.39, 0.29) is 5.69 Å². The molecule has 0 unspecified atom stereocenters. The van der Waals surface area contributed by atoms with Gasteiger partial charge in [-0.1, -0.05) is 6.07 Å². The van der Waals surface area contributed by atoms with Crippen LogP contribution in [-0.2, 0) is 4.74 Å². The van der Waals surface area contributed by atoms with E-state index in [2.05, 4.69) is 36.8 Å². The van der Waals surface area contributed by atoms with Crippen LogP contribution in [0.3, 0.4) is 0 Å². The first-order valence-electron chi connectivity index (χ1n) is 11.5. The SMILES string of the molecule is CCOC(=O)c1ccc2c(n1)c1cc(OCC3CC3)ccc1c1nc(-c3c(Br)cccc3Br)[nH]c21. The van der Waals surface area contributed by atoms with E-state index in [9.17, 15) is 4.79 Å². The number of hydrogen-bond acceptors (Lipinski definition) is 5. The van der Waals surface area contributed by atoms with Gasteiger partial charge in [-0.05, 0) is 100 Å². The monoisotopic (exact) mass is 593 g/mol. The summed E-state index contributed by atoms with van der Waals surface area (Å²) in [4.78, 5) is 25.7. The molecular weight excluding hydrogens is 574 g/mol. The second kappa shape index (κ2) is 8.91. The number of rotatable bonds is 6. The van der Waals surface area contributed by atoms with E-state index in [0.29, 0.717) is 18.0 Å². The van der Waals surface area contributed by atoms with Crippen molar-refractivity contribution in [2.75, 3.05) is 13.2 Å². The Labute approximate surface area is 218 Å². The molecule has 0 saturated heterocycles. The van der Waals surface area contributed by atoms with Gasteiger partial charge in [0.1, 0.15) is 17.3 Å². The molecule has 1 aliphatic carbocycles. The second-order valence-corrected chi connectivity index (χ2v) is 10.4. The average molecular weight is 595 g/mol. The predicted octanol–water partition coefficient (Wildman–Crippen LogP) is 7.42. The highest BCUT2D eigenvalue weighted by Gasteiger charge is 2.23. The highest BCUT2D eigenvalue weighted by Crippen LogP contribution is 2.39. The van der Waals surface area contributed by atoms with Gasteiger partial charge in [0, 0.05) is 30.7 Å². The third-order valence-corrected chi connectivity index (χ3v) is 7.56. The first-order chi connectivity index (χ1) is 17.0. The third kappa shape index (κ3) is 4.08. The minimum atomic E-state index is -0.439. The number of aromatic amines is 1. The van der Waals surface area contributed by atoms with Gasteiger partial charge < -0.3 is 14.5 Å². The first-order valence-corrected chi connectivity index (χ1v) is 13.1. The van der Waals surface area contributed by atoms with E-state index in [1.807, 2.05) is 42.5 Å². The smallest absolute Gasteiger partial charge is 0.356 e. The quantitative estimate of drug-likeness (QED) is 0.163. The van der Waals surface area contributed by atoms with Crippen molar-refractivity contribution in [2.45, 2.75) is 19.8 Å². The summed E-state index contributed by atoms with van der Waals surface area (Å²) < 4.78 is 13.1. The lowest BCUT2D eigenvalue weighted by Gasteiger charge is -2.10. The van der Waals surface area contributed by atoms with E-state index in [0.717, 1.165) is 59.9 Å². The van der Waals surface area contributed by atoms with Gasteiger partial charge in [0.05, 0.1) is 29.8 Å². The highest BCUT2D eigenvalue weighted by atomic mass is 79.9. The van der Waals surface area contributed by atoms with Gasteiger partial charge in [-0.25, -0.2) is 14.8 Å². The zero-order chi connectivity index (χ0) is 24.1. The molecule has 3 aromatic carbocycles. The molecule has 1 fully saturated rings. The number of aromatic nitrogens is 3. The zero-order valence-electron chi connectivity index (χ0n) is 18.9. The molecule has 0 radical (unpaired) electrons. The Morgan fingerprint density at radius 3 is 2.51 bits per heavy atom. The Morgan fingerprint density at radius 2 is 1.77 bits per heavy atom. The maximum atomic E-state index is 12.5. The number of halogens is 2. The lowest BCUT2D eigenvalue weighted by molar-refractivity contribution is 0.0520. The van der Waals surface area contributed by atoms with E-state index in [4.69, 9.17) is 19.4 Å². The number of nitrogens with one attached hydrogen (secondary N) is 1. The summed E-state index contributed by atoms with van der Waals surface area (Å²) in [7, 11) is 0. The number of benzene rings is 3. The maximum Gasteiger partial charge on any atom is 0.356 e. The number of pyridine rings is 1. The molecule has 0 spiro atoms. The molecule has 2 aromatic heterocycles. The van der Waals surface area contributed by atoms with Crippen LogP contribution in [-0.4, -0.2) is 34.1 Å². The molecule has 5 aromatic rings. The number of ether oxygens (including phenoxy) is 2. The van der Waals surface area contributed by atoms with Crippen LogP contribution in [0.2, 0.25) is 0 Å². The Bertz CT molecular complexity index is 1610. The summed E-state index contributed by atoms with van der Waals surface area (Å²) in [5.41, 5.74) is 3.61. The fourth-order valence-electron chi connectivity index (χ4n) is 4.30. The molecule has 6 nitrogen and oxygen atoms in total. The summed E-state index contributed by atoms with van der Waals surface area (Å²) >= 11 is 7.31. The number of imidazole rings is 1. The summed E-state index contributed by atoms with van der Waals surface area (Å²) in [5, 5.41) is 2.70. The molecule has 6 rings (SSSR count). The summed E-state index contributed by atoms with van der Waals surface area (Å²) in [5.74, 6) is 1.73. The normalized spacial score (nSPS) is 13.6. The number of esters is 1. The zero-order valence-corrected chi connectivity index (χ0v) is 22.1. The lowest BCUT2D eigenvalue weighted by Crippen LogP contribution is -2.07. The third-order valence-electron chi connectivity index (χ3n) is 6.24. The van der Waals surface area contributed by atoms with Crippen molar-refractivity contribution in [1.82, 2.24) is 15.0 Å². The topological polar surface area (TPSA) is 77.1 Å². The molecule has 0 amide bonds. The van der Waals surface area contributed by atoms with Gasteiger partial charge in [-0.3, -0.25) is 0 Å². The van der Waals surface area contributed by atoms with Crippen molar-refractivity contribution in [1.29, 1.82) is 0 Å². The molecule has 0 atom stereocenters. The van der Waals surface area contributed by atoms with Gasteiger partial charge in [0.15, 0.2) is 0 Å². The van der Waals surface area contributed by atoms with Crippen molar-refractivity contribution < 1.29 is 14.3 Å². The molecule has 176 valence electrons. The van der Waals surface area contributed by atoms with Crippen LogP contribution in [0.15, 0.2) is 57.5 Å². The molecule has 1 saturated carbocycles. The number of carbonyl (C=O) groups excluding carboxylic acids is 1. The maximum absolute atomic E-state index is 12.5. The van der Waals surface area contributed by atoms with Crippen LogP contribution < -0.4 is 4.74 Å². The summed E-state index contributed by atoms with van der Waals surface area (Å²) in [6.45, 7) is 2.80. The highest BCUT2D eigenvalue weighted by molar-refractivity contribution is 9.11. The lowest BCUT2D eigenvalue weighted by atomic mass is 10.0. The van der Waals surface area contributed by atoms with Crippen molar-refractivity contribution in [3.63, 3.8) is 0 Å². The Morgan fingerprint density at radius 1 is 1.00 bits per heavy atom. The summed E-state index contributed by atoms with van der Waals surface area (Å²) in [6, 6.07) is 15.6. The minimum absolute atomic E-state index is 0.276. The van der Waals surface area contributed by atoms with Gasteiger partial charge in [0.25, 0.3) is 0 Å². The standard InChI is InChI=1S/C27H21Br2N3O3/c1-2-34-27(33)21-11-10-17-23(30-21)18-12-15(35-13-14-6-7-14)8-9-16(18)24-25(17)32-26(31-24)22-19(28)4-3-5-20(22)29/h3-5,8-12,14H,2,6-7,13H2,1H3,(H,31,32). The molecule has 0 aliphatic heterocycles. The van der Waals surface area contributed by atoms with E-state index >= 15 is 0 Å². The number of H-pyrrole nitrogens is 1. The first kappa shape index (κ1) is 22.5. The van der Waals surface area contributed by atoms with Crippen molar-refractivity contribution in [3.05, 3.63) is 63.2 Å². The van der Waals surface area contributed by atoms with Crippen LogP contribution in [0.1, 0.15) is 30.3 Å². The molecule has 8 heteroatoms. The van der Waals surface area contributed by atoms with Gasteiger partial charge in [-0.2, -0.15) is 0 Å². The van der Waals surface area contributed by atoms with E-state index in [1.54, 1.807) is 13.0 Å². The number of carbonyl (C=O) groups is 1. The fourth-order valence-corrected chi connectivity index (χ4v) is 5.68. The molecule has 0 bridgehead atoms. The molecule has 1 N–H and O–H groups in total. The van der Waals surface area contributed by atoms with Crippen LogP contribution in [0, 0.1) is 5.92 Å². The number of fused-ring (bicyclic) bond motifs is 6. The van der Waals surface area contributed by atoms with Crippen molar-refractivity contribution in [3.8, 4) is 17.1 Å². The Hall–Kier alpha value is -2.97. The Kier molecular flexibility index (Phi) is 5.73. The van der Waals surface area contributed by atoms with Crippen LogP contribution in [0.5, 0.6) is 5.75 Å². The Balaban J connectivity index is 1.62. The number of nitrogens with zero attached hydrogens (tertiary/aromatic N) is 2. The largest absolute Gasteiger partial charge is 0.493 e. The summed E-state index contributed by atoms with van der Waals surface area (Å²) in [6.07, 6.45) is 2.45. The second-order valence-electron chi connectivity index (χ2n) is 8.68. The van der Waals surface area contributed by atoms with E-state index in [1.165, 1.54) is 12.8 Å².